The van der Waals surface area contributed by atoms with E-state index in [2.05, 4.69) is 0 Å². The molecule has 0 saturated carbocycles. The van der Waals surface area contributed by atoms with Crippen LogP contribution in [0.15, 0.2) is 91.0 Å². The number of benzene rings is 3. The fraction of sp³-hybridized carbons (Fsp3) is 0.269. The lowest BCUT2D eigenvalue weighted by Gasteiger charge is -2.42. The van der Waals surface area contributed by atoms with Gasteiger partial charge in [-0.15, -0.1) is 0 Å². The molecule has 1 saturated heterocycles. The second kappa shape index (κ2) is 10.2. The zero-order valence-corrected chi connectivity index (χ0v) is 18.1. The van der Waals surface area contributed by atoms with Crippen LogP contribution in [0.4, 0.5) is 0 Å². The van der Waals surface area contributed by atoms with Gasteiger partial charge in [0.25, 0.3) is 0 Å². The predicted molar refractivity (Wildman–Crippen MR) is 116 cm³/mol. The van der Waals surface area contributed by atoms with Crippen molar-refractivity contribution in [2.24, 2.45) is 5.92 Å². The molecule has 4 rings (SSSR count). The number of ketones is 1. The van der Waals surface area contributed by atoms with Gasteiger partial charge in [-0.05, 0) is 11.1 Å². The van der Waals surface area contributed by atoms with Crippen molar-refractivity contribution in [2.45, 2.75) is 18.1 Å². The van der Waals surface area contributed by atoms with Gasteiger partial charge in [0.2, 0.25) is 0 Å². The summed E-state index contributed by atoms with van der Waals surface area (Å²) in [6.45, 7) is 1.67. The molecule has 31 heavy (non-hydrogen) atoms. The Morgan fingerprint density at radius 1 is 0.935 bits per heavy atom. The number of quaternary nitrogens is 1. The van der Waals surface area contributed by atoms with Crippen molar-refractivity contribution < 1.29 is 32.3 Å². The summed E-state index contributed by atoms with van der Waals surface area (Å²) in [6, 6.07) is 28.3. The van der Waals surface area contributed by atoms with Gasteiger partial charge in [-0.2, -0.15) is 0 Å². The van der Waals surface area contributed by atoms with E-state index in [1.807, 2.05) is 78.9 Å². The lowest BCUT2D eigenvalue weighted by Crippen LogP contribution is -3.15. The highest BCUT2D eigenvalue weighted by atomic mass is 35.5. The Kier molecular flexibility index (Phi) is 7.63. The third kappa shape index (κ3) is 5.05. The summed E-state index contributed by atoms with van der Waals surface area (Å²) in [6.07, 6.45) is -0.131. The van der Waals surface area contributed by atoms with Gasteiger partial charge >= 0.3 is 0 Å². The molecule has 0 radical (unpaired) electrons. The average Bonchev–Trinajstić information content (AvgIpc) is 2.81. The number of nitrogens with one attached hydrogen (secondary N) is 1. The summed E-state index contributed by atoms with van der Waals surface area (Å²) < 4.78 is 0. The standard InChI is InChI=1S/C26H27NO3.ClH/c28-24(20-10-4-1-5-11-20)19-27-17-16-26(30,22-14-8-3-9-15-22)23(18-27)25(29)21-12-6-2-7-13-21;/h1-15,23-24,28,30H,16-19H2;1H. The lowest BCUT2D eigenvalue weighted by molar-refractivity contribution is -0.914. The monoisotopic (exact) mass is 437 g/mol. The highest BCUT2D eigenvalue weighted by Crippen LogP contribution is 2.36. The number of Topliss-reactive ketones (excluding diaryl/α,β-unsaturated/α-hetero) is 1. The number of halogens is 1. The first kappa shape index (κ1) is 23.2. The quantitative estimate of drug-likeness (QED) is 0.451. The minimum absolute atomic E-state index is 0. The molecular weight excluding hydrogens is 410 g/mol. The Morgan fingerprint density at radius 2 is 1.48 bits per heavy atom. The Labute approximate surface area is 189 Å². The molecular formula is C26H28ClNO3. The van der Waals surface area contributed by atoms with Crippen LogP contribution in [0, 0.1) is 5.92 Å². The topological polar surface area (TPSA) is 62.0 Å². The van der Waals surface area contributed by atoms with E-state index >= 15 is 0 Å². The van der Waals surface area contributed by atoms with Gasteiger partial charge in [-0.1, -0.05) is 91.0 Å². The molecule has 1 aliphatic heterocycles. The van der Waals surface area contributed by atoms with Crippen molar-refractivity contribution >= 4 is 5.78 Å². The summed E-state index contributed by atoms with van der Waals surface area (Å²) in [5, 5.41) is 22.4. The zero-order chi connectivity index (χ0) is 21.0. The summed E-state index contributed by atoms with van der Waals surface area (Å²) in [5.41, 5.74) is 1.05. The molecule has 4 atom stereocenters. The van der Waals surface area contributed by atoms with Crippen molar-refractivity contribution in [1.29, 1.82) is 0 Å². The van der Waals surface area contributed by atoms with Crippen molar-refractivity contribution in [3.63, 3.8) is 0 Å². The van der Waals surface area contributed by atoms with Crippen LogP contribution in [0.5, 0.6) is 0 Å². The van der Waals surface area contributed by atoms with E-state index in [-0.39, 0.29) is 18.2 Å². The number of likely N-dealkylation sites (tertiary alicyclic amines) is 1. The first-order valence-corrected chi connectivity index (χ1v) is 10.5. The van der Waals surface area contributed by atoms with Gasteiger partial charge in [0.1, 0.15) is 24.2 Å². The third-order valence-corrected chi connectivity index (χ3v) is 6.24. The molecule has 0 bridgehead atoms. The van der Waals surface area contributed by atoms with Crippen LogP contribution in [0.25, 0.3) is 0 Å². The second-order valence-corrected chi connectivity index (χ2v) is 8.16. The van der Waals surface area contributed by atoms with E-state index < -0.39 is 17.6 Å². The summed E-state index contributed by atoms with van der Waals surface area (Å²) in [4.78, 5) is 14.6. The van der Waals surface area contributed by atoms with Crippen LogP contribution in [-0.2, 0) is 5.60 Å². The molecule has 1 aliphatic rings. The minimum Gasteiger partial charge on any atom is -1.00 e. The Hall–Kier alpha value is -2.50. The highest BCUT2D eigenvalue weighted by Gasteiger charge is 2.49. The highest BCUT2D eigenvalue weighted by molar-refractivity contribution is 5.98. The van der Waals surface area contributed by atoms with Crippen molar-refractivity contribution in [2.75, 3.05) is 19.6 Å². The van der Waals surface area contributed by atoms with Crippen LogP contribution in [0.1, 0.15) is 34.0 Å². The van der Waals surface area contributed by atoms with Crippen molar-refractivity contribution in [3.8, 4) is 0 Å². The van der Waals surface area contributed by atoms with Gasteiger partial charge in [0, 0.05) is 12.0 Å². The van der Waals surface area contributed by atoms with Crippen LogP contribution in [-0.4, -0.2) is 35.6 Å². The Morgan fingerprint density at radius 3 is 2.10 bits per heavy atom. The molecule has 3 N–H and O–H groups in total. The van der Waals surface area contributed by atoms with E-state index in [4.69, 9.17) is 0 Å². The molecule has 3 aromatic rings. The smallest absolute Gasteiger partial charge is 0.174 e. The number of piperidine rings is 1. The molecule has 1 fully saturated rings. The van der Waals surface area contributed by atoms with Crippen LogP contribution >= 0.6 is 0 Å². The number of hydrogen-bond acceptors (Lipinski definition) is 3. The molecule has 0 aliphatic carbocycles. The maximum absolute atomic E-state index is 13.5. The molecule has 0 amide bonds. The van der Waals surface area contributed by atoms with E-state index in [9.17, 15) is 15.0 Å². The maximum atomic E-state index is 13.5. The molecule has 4 unspecified atom stereocenters. The van der Waals surface area contributed by atoms with E-state index in [1.165, 1.54) is 0 Å². The number of aliphatic hydroxyl groups excluding tert-OH is 1. The lowest BCUT2D eigenvalue weighted by atomic mass is 9.72. The minimum atomic E-state index is -1.21. The number of rotatable bonds is 6. The van der Waals surface area contributed by atoms with Gasteiger partial charge < -0.3 is 27.5 Å². The van der Waals surface area contributed by atoms with Crippen molar-refractivity contribution in [1.82, 2.24) is 0 Å². The number of hydrogen-bond donors (Lipinski definition) is 3. The van der Waals surface area contributed by atoms with Crippen LogP contribution in [0.2, 0.25) is 0 Å². The van der Waals surface area contributed by atoms with Gasteiger partial charge in [0.15, 0.2) is 5.78 Å². The number of carbonyl (C=O) groups excluding carboxylic acids is 1. The SMILES string of the molecule is O=C(c1ccccc1)C1C[NH+](CC(O)c2ccccc2)CCC1(O)c1ccccc1.[Cl-]. The molecule has 4 nitrogen and oxygen atoms in total. The van der Waals surface area contributed by atoms with E-state index in [0.29, 0.717) is 31.6 Å². The van der Waals surface area contributed by atoms with Gasteiger partial charge in [0.05, 0.1) is 13.1 Å². The average molecular weight is 438 g/mol. The first-order valence-electron chi connectivity index (χ1n) is 10.5. The molecule has 1 heterocycles. The third-order valence-electron chi connectivity index (χ3n) is 6.24. The van der Waals surface area contributed by atoms with Gasteiger partial charge in [-0.25, -0.2) is 0 Å². The van der Waals surface area contributed by atoms with Gasteiger partial charge in [-0.3, -0.25) is 4.79 Å². The number of carbonyl (C=O) groups is 1. The van der Waals surface area contributed by atoms with E-state index in [1.54, 1.807) is 12.1 Å². The van der Waals surface area contributed by atoms with Crippen LogP contribution in [0.3, 0.4) is 0 Å². The van der Waals surface area contributed by atoms with E-state index in [0.717, 1.165) is 16.0 Å². The number of aliphatic hydroxyl groups is 2. The zero-order valence-electron chi connectivity index (χ0n) is 17.3. The molecule has 0 spiro atoms. The molecule has 0 aromatic heterocycles. The van der Waals surface area contributed by atoms with Crippen molar-refractivity contribution in [3.05, 3.63) is 108 Å². The fourth-order valence-electron chi connectivity index (χ4n) is 4.54. The first-order chi connectivity index (χ1) is 14.6. The second-order valence-electron chi connectivity index (χ2n) is 8.16. The molecule has 5 heteroatoms. The summed E-state index contributed by atoms with van der Waals surface area (Å²) in [7, 11) is 0. The van der Waals surface area contributed by atoms with Crippen LogP contribution < -0.4 is 17.3 Å². The largest absolute Gasteiger partial charge is 1.00 e. The molecule has 162 valence electrons. The summed E-state index contributed by atoms with van der Waals surface area (Å²) >= 11 is 0. The predicted octanol–water partition coefficient (Wildman–Crippen LogP) is -0.600. The maximum Gasteiger partial charge on any atom is 0.174 e. The summed E-state index contributed by atoms with van der Waals surface area (Å²) in [5.74, 6) is -0.623. The Bertz CT molecular complexity index is 968. The Balaban J connectivity index is 0.00000272. The fourth-order valence-corrected chi connectivity index (χ4v) is 4.54. The normalized spacial score (nSPS) is 24.1. The molecule has 3 aromatic carbocycles.